The first-order valence-corrected chi connectivity index (χ1v) is 8.79. The molecule has 0 spiro atoms. The summed E-state index contributed by atoms with van der Waals surface area (Å²) in [5, 5.41) is 1.09. The van der Waals surface area contributed by atoms with Crippen molar-refractivity contribution in [1.82, 2.24) is 0 Å². The van der Waals surface area contributed by atoms with Crippen LogP contribution in [0.2, 0.25) is 0 Å². The zero-order valence-electron chi connectivity index (χ0n) is 14.8. The SMILES string of the molecule is C=Cc1c(/C(=C\C)c2ccccc2)oc2c(-c3ccccc3)cccc12. The predicted octanol–water partition coefficient (Wildman–Crippen LogP) is 7.19. The van der Waals surface area contributed by atoms with Gasteiger partial charge in [0.25, 0.3) is 0 Å². The Kier molecular flexibility index (Phi) is 4.28. The van der Waals surface area contributed by atoms with Gasteiger partial charge in [0.1, 0.15) is 11.3 Å². The van der Waals surface area contributed by atoms with Gasteiger partial charge in [-0.3, -0.25) is 0 Å². The van der Waals surface area contributed by atoms with Gasteiger partial charge >= 0.3 is 0 Å². The van der Waals surface area contributed by atoms with Crippen molar-refractivity contribution >= 4 is 22.6 Å². The largest absolute Gasteiger partial charge is 0.455 e. The normalized spacial score (nSPS) is 11.7. The Bertz CT molecular complexity index is 1080. The third-order valence-electron chi connectivity index (χ3n) is 4.66. The number of fused-ring (bicyclic) bond motifs is 1. The molecular weight excluding hydrogens is 316 g/mol. The number of rotatable bonds is 4. The Morgan fingerprint density at radius 1 is 0.846 bits per heavy atom. The lowest BCUT2D eigenvalue weighted by molar-refractivity contribution is 0.600. The van der Waals surface area contributed by atoms with Gasteiger partial charge in [0.15, 0.2) is 0 Å². The van der Waals surface area contributed by atoms with Gasteiger partial charge in [-0.15, -0.1) is 0 Å². The number of hydrogen-bond acceptors (Lipinski definition) is 1. The molecule has 0 radical (unpaired) electrons. The van der Waals surface area contributed by atoms with Crippen LogP contribution in [-0.2, 0) is 0 Å². The van der Waals surface area contributed by atoms with E-state index in [0.717, 1.165) is 44.6 Å². The molecule has 1 heteroatoms. The van der Waals surface area contributed by atoms with E-state index in [1.54, 1.807) is 0 Å². The maximum Gasteiger partial charge on any atom is 0.143 e. The van der Waals surface area contributed by atoms with Gasteiger partial charge in [-0.05, 0) is 18.1 Å². The smallest absolute Gasteiger partial charge is 0.143 e. The number of allylic oxidation sites excluding steroid dienone is 1. The van der Waals surface area contributed by atoms with Crippen molar-refractivity contribution in [3.63, 3.8) is 0 Å². The topological polar surface area (TPSA) is 13.1 Å². The van der Waals surface area contributed by atoms with Crippen molar-refractivity contribution < 1.29 is 4.42 Å². The van der Waals surface area contributed by atoms with E-state index in [9.17, 15) is 0 Å². The van der Waals surface area contributed by atoms with E-state index < -0.39 is 0 Å². The van der Waals surface area contributed by atoms with E-state index in [-0.39, 0.29) is 0 Å². The standard InChI is InChI=1S/C25H20O/c1-3-20(18-12-7-5-8-13-18)24-21(4-2)23-17-11-16-22(25(23)26-24)19-14-9-6-10-15-19/h3-17H,2H2,1H3/b20-3-. The van der Waals surface area contributed by atoms with Crippen LogP contribution >= 0.6 is 0 Å². The van der Waals surface area contributed by atoms with E-state index in [0.29, 0.717) is 0 Å². The fraction of sp³-hybridized carbons (Fsp3) is 0.0400. The van der Waals surface area contributed by atoms with Crippen LogP contribution in [0.25, 0.3) is 33.7 Å². The molecular formula is C25H20O. The molecule has 0 amide bonds. The first-order valence-electron chi connectivity index (χ1n) is 8.79. The average molecular weight is 336 g/mol. The summed E-state index contributed by atoms with van der Waals surface area (Å²) >= 11 is 0. The second kappa shape index (κ2) is 6.89. The molecule has 3 aromatic carbocycles. The Hall–Kier alpha value is -3.32. The molecule has 1 nitrogen and oxygen atoms in total. The minimum Gasteiger partial charge on any atom is -0.455 e. The Morgan fingerprint density at radius 2 is 1.54 bits per heavy atom. The maximum atomic E-state index is 6.44. The van der Waals surface area contributed by atoms with Crippen molar-refractivity contribution in [2.45, 2.75) is 6.92 Å². The summed E-state index contributed by atoms with van der Waals surface area (Å²) in [4.78, 5) is 0. The zero-order chi connectivity index (χ0) is 17.9. The number of furan rings is 1. The minimum atomic E-state index is 0.868. The predicted molar refractivity (Wildman–Crippen MR) is 111 cm³/mol. The molecule has 0 aliphatic rings. The second-order valence-electron chi connectivity index (χ2n) is 6.17. The molecule has 0 N–H and O–H groups in total. The van der Waals surface area contributed by atoms with Crippen LogP contribution in [0.1, 0.15) is 23.8 Å². The summed E-state index contributed by atoms with van der Waals surface area (Å²) in [5.41, 5.74) is 6.40. The Labute approximate surface area is 153 Å². The minimum absolute atomic E-state index is 0.868. The number of hydrogen-bond donors (Lipinski definition) is 0. The lowest BCUT2D eigenvalue weighted by Gasteiger charge is -2.05. The third-order valence-corrected chi connectivity index (χ3v) is 4.66. The van der Waals surface area contributed by atoms with Gasteiger partial charge in [0, 0.05) is 22.1 Å². The number of para-hydroxylation sites is 1. The first-order chi connectivity index (χ1) is 12.8. The van der Waals surface area contributed by atoms with Gasteiger partial charge < -0.3 is 4.42 Å². The molecule has 126 valence electrons. The first kappa shape index (κ1) is 16.2. The molecule has 0 fully saturated rings. The lowest BCUT2D eigenvalue weighted by Crippen LogP contribution is -1.87. The van der Waals surface area contributed by atoms with E-state index in [4.69, 9.17) is 4.42 Å². The van der Waals surface area contributed by atoms with Crippen LogP contribution < -0.4 is 0 Å². The summed E-state index contributed by atoms with van der Waals surface area (Å²) in [6.45, 7) is 6.08. The highest BCUT2D eigenvalue weighted by atomic mass is 16.3. The fourth-order valence-corrected chi connectivity index (χ4v) is 3.43. The highest BCUT2D eigenvalue weighted by Crippen LogP contribution is 2.39. The molecule has 4 aromatic rings. The molecule has 4 rings (SSSR count). The van der Waals surface area contributed by atoms with Gasteiger partial charge in [0.2, 0.25) is 0 Å². The van der Waals surface area contributed by atoms with Crippen LogP contribution in [0.15, 0.2) is 95.9 Å². The van der Waals surface area contributed by atoms with Gasteiger partial charge in [-0.2, -0.15) is 0 Å². The molecule has 26 heavy (non-hydrogen) atoms. The van der Waals surface area contributed by atoms with E-state index in [2.05, 4.69) is 55.1 Å². The maximum absolute atomic E-state index is 6.44. The second-order valence-corrected chi connectivity index (χ2v) is 6.17. The van der Waals surface area contributed by atoms with Gasteiger partial charge in [0.05, 0.1) is 0 Å². The van der Waals surface area contributed by atoms with Crippen molar-refractivity contribution in [3.8, 4) is 11.1 Å². The third kappa shape index (κ3) is 2.68. The summed E-state index contributed by atoms with van der Waals surface area (Å²) in [6.07, 6.45) is 3.99. The molecule has 0 unspecified atom stereocenters. The quantitative estimate of drug-likeness (QED) is 0.384. The highest BCUT2D eigenvalue weighted by molar-refractivity contribution is 6.01. The van der Waals surface area contributed by atoms with E-state index >= 15 is 0 Å². The van der Waals surface area contributed by atoms with Crippen LogP contribution in [0, 0.1) is 0 Å². The van der Waals surface area contributed by atoms with Gasteiger partial charge in [-0.25, -0.2) is 0 Å². The summed E-state index contributed by atoms with van der Waals surface area (Å²) in [5.74, 6) is 0.868. The molecule has 0 saturated heterocycles. The van der Waals surface area contributed by atoms with Crippen molar-refractivity contribution in [2.24, 2.45) is 0 Å². The summed E-state index contributed by atoms with van der Waals surface area (Å²) in [6, 6.07) is 27.0. The molecule has 0 aliphatic heterocycles. The van der Waals surface area contributed by atoms with Crippen molar-refractivity contribution in [1.29, 1.82) is 0 Å². The Morgan fingerprint density at radius 3 is 2.19 bits per heavy atom. The monoisotopic (exact) mass is 336 g/mol. The zero-order valence-corrected chi connectivity index (χ0v) is 14.8. The molecule has 0 saturated carbocycles. The fourth-order valence-electron chi connectivity index (χ4n) is 3.43. The van der Waals surface area contributed by atoms with Crippen LogP contribution in [-0.4, -0.2) is 0 Å². The molecule has 0 aliphatic carbocycles. The van der Waals surface area contributed by atoms with E-state index in [1.165, 1.54) is 0 Å². The number of benzene rings is 3. The summed E-state index contributed by atoms with van der Waals surface area (Å²) < 4.78 is 6.44. The molecule has 0 atom stereocenters. The van der Waals surface area contributed by atoms with E-state index in [1.807, 2.05) is 49.4 Å². The Balaban J connectivity index is 1.99. The van der Waals surface area contributed by atoms with Gasteiger partial charge in [-0.1, -0.05) is 97.6 Å². The molecule has 0 bridgehead atoms. The highest BCUT2D eigenvalue weighted by Gasteiger charge is 2.18. The molecule has 1 aromatic heterocycles. The van der Waals surface area contributed by atoms with Crippen molar-refractivity contribution in [3.05, 3.63) is 108 Å². The van der Waals surface area contributed by atoms with Crippen LogP contribution in [0.4, 0.5) is 0 Å². The molecule has 1 heterocycles. The average Bonchev–Trinajstić information content (AvgIpc) is 3.08. The van der Waals surface area contributed by atoms with Crippen molar-refractivity contribution in [2.75, 3.05) is 0 Å². The van der Waals surface area contributed by atoms with Crippen LogP contribution in [0.5, 0.6) is 0 Å². The lowest BCUT2D eigenvalue weighted by atomic mass is 9.98. The summed E-state index contributed by atoms with van der Waals surface area (Å²) in [7, 11) is 0. The van der Waals surface area contributed by atoms with Crippen LogP contribution in [0.3, 0.4) is 0 Å².